The van der Waals surface area contributed by atoms with Gasteiger partial charge in [0.15, 0.2) is 0 Å². The molecule has 1 N–H and O–H groups in total. The molecule has 0 heterocycles. The Bertz CT molecular complexity index is 265. The van der Waals surface area contributed by atoms with E-state index in [1.165, 1.54) is 25.7 Å². The Morgan fingerprint density at radius 3 is 2.32 bits per heavy atom. The van der Waals surface area contributed by atoms with E-state index < -0.39 is 12.6 Å². The summed E-state index contributed by atoms with van der Waals surface area (Å²) in [4.78, 5) is 0. The standard InChI is InChI=1S/C15H26F3N/c1-2-10-19-13(8-5-9-15(16,17)18)14-11-6-3-4-7-12(11)14/h11-14,19H,2-10H2,1H3. The molecule has 0 amide bonds. The Balaban J connectivity index is 1.79. The monoisotopic (exact) mass is 277 g/mol. The zero-order chi connectivity index (χ0) is 13.9. The van der Waals surface area contributed by atoms with Crippen molar-refractivity contribution in [2.45, 2.75) is 70.5 Å². The van der Waals surface area contributed by atoms with Crippen molar-refractivity contribution >= 4 is 0 Å². The van der Waals surface area contributed by atoms with Crippen molar-refractivity contribution in [1.29, 1.82) is 0 Å². The minimum absolute atomic E-state index is 0.279. The van der Waals surface area contributed by atoms with Gasteiger partial charge in [-0.3, -0.25) is 0 Å². The number of hydrogen-bond acceptors (Lipinski definition) is 1. The fourth-order valence-corrected chi connectivity index (χ4v) is 3.93. The maximum Gasteiger partial charge on any atom is 0.389 e. The van der Waals surface area contributed by atoms with Crippen molar-refractivity contribution in [1.82, 2.24) is 5.32 Å². The van der Waals surface area contributed by atoms with Gasteiger partial charge in [-0.15, -0.1) is 0 Å². The van der Waals surface area contributed by atoms with Gasteiger partial charge in [0, 0.05) is 12.5 Å². The third-order valence-electron chi connectivity index (χ3n) is 4.82. The molecular weight excluding hydrogens is 251 g/mol. The summed E-state index contributed by atoms with van der Waals surface area (Å²) in [6.45, 7) is 3.05. The number of rotatable bonds is 7. The zero-order valence-electron chi connectivity index (χ0n) is 11.8. The largest absolute Gasteiger partial charge is 0.389 e. The SMILES string of the molecule is CCCNC(CCCC(F)(F)F)C1C2CCCCC21. The molecule has 3 unspecified atom stereocenters. The van der Waals surface area contributed by atoms with Crippen LogP contribution < -0.4 is 5.32 Å². The Morgan fingerprint density at radius 2 is 1.79 bits per heavy atom. The fourth-order valence-electron chi connectivity index (χ4n) is 3.93. The minimum Gasteiger partial charge on any atom is -0.314 e. The maximum atomic E-state index is 12.3. The molecule has 0 spiro atoms. The molecule has 0 aromatic rings. The summed E-state index contributed by atoms with van der Waals surface area (Å²) in [5.41, 5.74) is 0. The lowest BCUT2D eigenvalue weighted by molar-refractivity contribution is -0.135. The molecule has 2 saturated carbocycles. The highest BCUT2D eigenvalue weighted by molar-refractivity contribution is 5.04. The van der Waals surface area contributed by atoms with Gasteiger partial charge < -0.3 is 5.32 Å². The van der Waals surface area contributed by atoms with Gasteiger partial charge in [0.05, 0.1) is 0 Å². The van der Waals surface area contributed by atoms with E-state index in [1.54, 1.807) is 0 Å². The van der Waals surface area contributed by atoms with E-state index in [0.29, 0.717) is 18.4 Å². The van der Waals surface area contributed by atoms with E-state index in [9.17, 15) is 13.2 Å². The lowest BCUT2D eigenvalue weighted by Gasteiger charge is -2.19. The first-order valence-electron chi connectivity index (χ1n) is 7.83. The predicted octanol–water partition coefficient (Wildman–Crippen LogP) is 4.52. The van der Waals surface area contributed by atoms with E-state index in [1.807, 2.05) is 0 Å². The van der Waals surface area contributed by atoms with Gasteiger partial charge in [0.1, 0.15) is 0 Å². The highest BCUT2D eigenvalue weighted by Crippen LogP contribution is 2.57. The first-order valence-corrected chi connectivity index (χ1v) is 7.83. The van der Waals surface area contributed by atoms with E-state index in [4.69, 9.17) is 0 Å². The van der Waals surface area contributed by atoms with E-state index in [0.717, 1.165) is 24.8 Å². The molecule has 1 nitrogen and oxygen atoms in total. The molecule has 2 aliphatic rings. The van der Waals surface area contributed by atoms with Crippen LogP contribution in [0, 0.1) is 17.8 Å². The molecule has 2 aliphatic carbocycles. The second-order valence-electron chi connectivity index (χ2n) is 6.26. The molecule has 0 saturated heterocycles. The van der Waals surface area contributed by atoms with Gasteiger partial charge in [-0.2, -0.15) is 13.2 Å². The first-order chi connectivity index (χ1) is 9.03. The maximum absolute atomic E-state index is 12.3. The van der Waals surface area contributed by atoms with Crippen LogP contribution >= 0.6 is 0 Å². The van der Waals surface area contributed by atoms with Crippen molar-refractivity contribution in [3.63, 3.8) is 0 Å². The second kappa shape index (κ2) is 6.47. The summed E-state index contributed by atoms with van der Waals surface area (Å²) in [5, 5.41) is 3.51. The number of alkyl halides is 3. The molecule has 0 aromatic heterocycles. The Kier molecular flexibility index (Phi) is 5.15. The highest BCUT2D eigenvalue weighted by Gasteiger charge is 2.53. The number of halogens is 3. The molecule has 0 aliphatic heterocycles. The van der Waals surface area contributed by atoms with Crippen LogP contribution in [-0.2, 0) is 0 Å². The molecule has 112 valence electrons. The van der Waals surface area contributed by atoms with Gasteiger partial charge in [0.2, 0.25) is 0 Å². The van der Waals surface area contributed by atoms with Crippen LogP contribution in [0.1, 0.15) is 58.3 Å². The number of fused-ring (bicyclic) bond motifs is 1. The Labute approximate surface area is 114 Å². The molecule has 19 heavy (non-hydrogen) atoms. The molecule has 0 aromatic carbocycles. The van der Waals surface area contributed by atoms with Gasteiger partial charge >= 0.3 is 6.18 Å². The normalized spacial score (nSPS) is 31.9. The third-order valence-corrected chi connectivity index (χ3v) is 4.82. The summed E-state index contributed by atoms with van der Waals surface area (Å²) in [5.74, 6) is 2.30. The van der Waals surface area contributed by atoms with Crippen molar-refractivity contribution in [3.05, 3.63) is 0 Å². The summed E-state index contributed by atoms with van der Waals surface area (Å²) in [6.07, 6.45) is 2.65. The van der Waals surface area contributed by atoms with Crippen molar-refractivity contribution in [2.24, 2.45) is 17.8 Å². The van der Waals surface area contributed by atoms with Crippen LogP contribution in [0.5, 0.6) is 0 Å². The smallest absolute Gasteiger partial charge is 0.314 e. The third kappa shape index (κ3) is 4.37. The van der Waals surface area contributed by atoms with Crippen LogP contribution in [0.15, 0.2) is 0 Å². The van der Waals surface area contributed by atoms with Gasteiger partial charge in [0.25, 0.3) is 0 Å². The number of hydrogen-bond donors (Lipinski definition) is 1. The van der Waals surface area contributed by atoms with Crippen LogP contribution in [0.4, 0.5) is 13.2 Å². The summed E-state index contributed by atoms with van der Waals surface area (Å²) < 4.78 is 36.8. The molecule has 3 atom stereocenters. The lowest BCUT2D eigenvalue weighted by atomic mass is 10.0. The molecule has 0 radical (unpaired) electrons. The van der Waals surface area contributed by atoms with Crippen molar-refractivity contribution < 1.29 is 13.2 Å². The topological polar surface area (TPSA) is 12.0 Å². The van der Waals surface area contributed by atoms with Crippen molar-refractivity contribution in [2.75, 3.05) is 6.54 Å². The van der Waals surface area contributed by atoms with Gasteiger partial charge in [-0.25, -0.2) is 0 Å². The van der Waals surface area contributed by atoms with Crippen LogP contribution in [0.2, 0.25) is 0 Å². The molecule has 2 rings (SSSR count). The van der Waals surface area contributed by atoms with E-state index in [2.05, 4.69) is 12.2 Å². The fraction of sp³-hybridized carbons (Fsp3) is 1.00. The minimum atomic E-state index is -3.99. The van der Waals surface area contributed by atoms with Gasteiger partial charge in [-0.05, 0) is 56.4 Å². The van der Waals surface area contributed by atoms with Crippen molar-refractivity contribution in [3.8, 4) is 0 Å². The first kappa shape index (κ1) is 15.1. The second-order valence-corrected chi connectivity index (χ2v) is 6.26. The highest BCUT2D eigenvalue weighted by atomic mass is 19.4. The average Bonchev–Trinajstić information content (AvgIpc) is 3.06. The number of nitrogens with one attached hydrogen (secondary N) is 1. The lowest BCUT2D eigenvalue weighted by Crippen LogP contribution is -2.33. The predicted molar refractivity (Wildman–Crippen MR) is 70.9 cm³/mol. The summed E-state index contributed by atoms with van der Waals surface area (Å²) in [6, 6.07) is 0.329. The molecule has 2 fully saturated rings. The quantitative estimate of drug-likeness (QED) is 0.721. The Hall–Kier alpha value is -0.250. The van der Waals surface area contributed by atoms with Crippen LogP contribution in [-0.4, -0.2) is 18.8 Å². The van der Waals surface area contributed by atoms with E-state index in [-0.39, 0.29) is 6.42 Å². The molecular formula is C15H26F3N. The molecule has 0 bridgehead atoms. The van der Waals surface area contributed by atoms with Crippen LogP contribution in [0.3, 0.4) is 0 Å². The summed E-state index contributed by atoms with van der Waals surface area (Å²) >= 11 is 0. The Morgan fingerprint density at radius 1 is 1.16 bits per heavy atom. The van der Waals surface area contributed by atoms with E-state index >= 15 is 0 Å². The average molecular weight is 277 g/mol. The zero-order valence-corrected chi connectivity index (χ0v) is 11.8. The van der Waals surface area contributed by atoms with Crippen LogP contribution in [0.25, 0.3) is 0 Å². The summed E-state index contributed by atoms with van der Waals surface area (Å²) in [7, 11) is 0. The molecule has 4 heteroatoms. The van der Waals surface area contributed by atoms with Gasteiger partial charge in [-0.1, -0.05) is 19.8 Å².